The molecule has 0 atom stereocenters. The minimum atomic E-state index is 0.170. The number of hydrogen-bond acceptors (Lipinski definition) is 2. The first-order valence-corrected chi connectivity index (χ1v) is 7.48. The molecule has 0 aliphatic carbocycles. The van der Waals surface area contributed by atoms with Gasteiger partial charge in [0.1, 0.15) is 6.29 Å². The van der Waals surface area contributed by atoms with Gasteiger partial charge in [0.25, 0.3) is 0 Å². The van der Waals surface area contributed by atoms with E-state index >= 15 is 0 Å². The molecule has 0 aromatic carbocycles. The first-order chi connectivity index (χ1) is 9.22. The average Bonchev–Trinajstić information content (AvgIpc) is 2.43. The largest absolute Gasteiger partial charge is 0.299 e. The van der Waals surface area contributed by atoms with Gasteiger partial charge < -0.3 is 0 Å². The van der Waals surface area contributed by atoms with Gasteiger partial charge in [0.2, 0.25) is 0 Å². The SMILES string of the molecule is C=CC(=O)CCCCC.CCCCCC/C=C/C=O. The van der Waals surface area contributed by atoms with E-state index in [-0.39, 0.29) is 5.78 Å². The van der Waals surface area contributed by atoms with Crippen molar-refractivity contribution in [2.24, 2.45) is 0 Å². The molecule has 0 saturated carbocycles. The fourth-order valence-corrected chi connectivity index (χ4v) is 1.49. The highest BCUT2D eigenvalue weighted by molar-refractivity contribution is 5.88. The molecule has 0 saturated heterocycles. The minimum absolute atomic E-state index is 0.170. The molecule has 0 aliphatic rings. The third-order valence-electron chi connectivity index (χ3n) is 2.69. The molecule has 0 N–H and O–H groups in total. The number of unbranched alkanes of at least 4 members (excludes halogenated alkanes) is 6. The normalized spacial score (nSPS) is 9.79. The standard InChI is InChI=1S/C9H16O.C8H14O/c1-2-3-4-5-6-7-8-9-10;1-3-5-6-7-8(9)4-2/h7-9H,2-6H2,1H3;4H,2-3,5-7H2,1H3/b8-7+;. The average molecular weight is 266 g/mol. The van der Waals surface area contributed by atoms with E-state index in [9.17, 15) is 9.59 Å². The number of ketones is 1. The van der Waals surface area contributed by atoms with Crippen LogP contribution in [0.5, 0.6) is 0 Å². The number of rotatable bonds is 11. The van der Waals surface area contributed by atoms with Crippen molar-refractivity contribution in [3.63, 3.8) is 0 Å². The Kier molecular flexibility index (Phi) is 20.3. The van der Waals surface area contributed by atoms with E-state index in [0.717, 1.165) is 25.5 Å². The molecule has 0 radical (unpaired) electrons. The minimum Gasteiger partial charge on any atom is -0.299 e. The Hall–Kier alpha value is -1.18. The van der Waals surface area contributed by atoms with Gasteiger partial charge in [0.15, 0.2) is 5.78 Å². The van der Waals surface area contributed by atoms with Crippen LogP contribution in [-0.4, -0.2) is 12.1 Å². The summed E-state index contributed by atoms with van der Waals surface area (Å²) in [6, 6.07) is 0. The molecule has 0 aliphatic heterocycles. The van der Waals surface area contributed by atoms with Crippen molar-refractivity contribution >= 4 is 12.1 Å². The second-order valence-electron chi connectivity index (χ2n) is 4.54. The highest BCUT2D eigenvalue weighted by Crippen LogP contribution is 2.02. The third-order valence-corrected chi connectivity index (χ3v) is 2.69. The predicted molar refractivity (Wildman–Crippen MR) is 83.3 cm³/mol. The molecule has 0 spiro atoms. The van der Waals surface area contributed by atoms with Crippen LogP contribution in [0.25, 0.3) is 0 Å². The zero-order valence-electron chi connectivity index (χ0n) is 12.7. The highest BCUT2D eigenvalue weighted by Gasteiger charge is 1.92. The fraction of sp³-hybridized carbons (Fsp3) is 0.647. The van der Waals surface area contributed by atoms with E-state index in [0.29, 0.717) is 6.42 Å². The van der Waals surface area contributed by atoms with Crippen LogP contribution in [-0.2, 0) is 9.59 Å². The Balaban J connectivity index is 0. The van der Waals surface area contributed by atoms with Gasteiger partial charge in [-0.05, 0) is 31.4 Å². The predicted octanol–water partition coefficient (Wildman–Crippen LogP) is 5.03. The fourth-order valence-electron chi connectivity index (χ4n) is 1.49. The summed E-state index contributed by atoms with van der Waals surface area (Å²) in [7, 11) is 0. The first kappa shape index (κ1) is 20.1. The Morgan fingerprint density at radius 1 is 1.00 bits per heavy atom. The maximum atomic E-state index is 10.6. The van der Waals surface area contributed by atoms with Gasteiger partial charge in [0.05, 0.1) is 0 Å². The number of hydrogen-bond donors (Lipinski definition) is 0. The molecule has 0 fully saturated rings. The number of carbonyl (C=O) groups excluding carboxylic acids is 2. The zero-order valence-corrected chi connectivity index (χ0v) is 12.7. The second kappa shape index (κ2) is 19.2. The Morgan fingerprint density at radius 3 is 2.16 bits per heavy atom. The Bertz CT molecular complexity index is 242. The lowest BCUT2D eigenvalue weighted by atomic mass is 10.1. The van der Waals surface area contributed by atoms with Crippen molar-refractivity contribution < 1.29 is 9.59 Å². The van der Waals surface area contributed by atoms with E-state index in [1.807, 2.05) is 6.08 Å². The molecule has 0 aromatic rings. The summed E-state index contributed by atoms with van der Waals surface area (Å²) in [4.78, 5) is 20.4. The van der Waals surface area contributed by atoms with Crippen molar-refractivity contribution in [3.8, 4) is 0 Å². The lowest BCUT2D eigenvalue weighted by Gasteiger charge is -1.92. The van der Waals surface area contributed by atoms with Gasteiger partial charge in [-0.2, -0.15) is 0 Å². The van der Waals surface area contributed by atoms with Crippen LogP contribution in [0.4, 0.5) is 0 Å². The third kappa shape index (κ3) is 22.5. The lowest BCUT2D eigenvalue weighted by Crippen LogP contribution is -1.90. The molecule has 0 amide bonds. The van der Waals surface area contributed by atoms with E-state index in [1.165, 1.54) is 38.2 Å². The van der Waals surface area contributed by atoms with Crippen LogP contribution in [0, 0.1) is 0 Å². The van der Waals surface area contributed by atoms with E-state index in [2.05, 4.69) is 20.4 Å². The van der Waals surface area contributed by atoms with Crippen molar-refractivity contribution in [1.82, 2.24) is 0 Å². The quantitative estimate of drug-likeness (QED) is 0.298. The topological polar surface area (TPSA) is 34.1 Å². The molecular weight excluding hydrogens is 236 g/mol. The van der Waals surface area contributed by atoms with Gasteiger partial charge in [0, 0.05) is 6.42 Å². The van der Waals surface area contributed by atoms with E-state index in [4.69, 9.17) is 0 Å². The van der Waals surface area contributed by atoms with E-state index in [1.54, 1.807) is 6.08 Å². The van der Waals surface area contributed by atoms with Gasteiger partial charge in [-0.1, -0.05) is 58.6 Å². The molecule has 2 heteroatoms. The van der Waals surface area contributed by atoms with Gasteiger partial charge in [-0.15, -0.1) is 0 Å². The van der Waals surface area contributed by atoms with Crippen molar-refractivity contribution in [2.45, 2.75) is 71.6 Å². The molecule has 0 rings (SSSR count). The summed E-state index contributed by atoms with van der Waals surface area (Å²) in [5.41, 5.74) is 0. The monoisotopic (exact) mass is 266 g/mol. The first-order valence-electron chi connectivity index (χ1n) is 7.48. The second-order valence-corrected chi connectivity index (χ2v) is 4.54. The summed E-state index contributed by atoms with van der Waals surface area (Å²) in [5.74, 6) is 0.170. The van der Waals surface area contributed by atoms with Crippen LogP contribution in [0.15, 0.2) is 24.8 Å². The van der Waals surface area contributed by atoms with Gasteiger partial charge >= 0.3 is 0 Å². The summed E-state index contributed by atoms with van der Waals surface area (Å²) >= 11 is 0. The van der Waals surface area contributed by atoms with Crippen molar-refractivity contribution in [1.29, 1.82) is 0 Å². The molecule has 0 aromatic heterocycles. The van der Waals surface area contributed by atoms with Gasteiger partial charge in [-0.3, -0.25) is 9.59 Å². The molecule has 19 heavy (non-hydrogen) atoms. The molecule has 0 bridgehead atoms. The molecule has 110 valence electrons. The maximum absolute atomic E-state index is 10.6. The summed E-state index contributed by atoms with van der Waals surface area (Å²) < 4.78 is 0. The summed E-state index contributed by atoms with van der Waals surface area (Å²) in [6.45, 7) is 7.71. The maximum Gasteiger partial charge on any atom is 0.155 e. The van der Waals surface area contributed by atoms with Crippen LogP contribution in [0.2, 0.25) is 0 Å². The smallest absolute Gasteiger partial charge is 0.155 e. The van der Waals surface area contributed by atoms with Crippen LogP contribution in [0.3, 0.4) is 0 Å². The number of allylic oxidation sites excluding steroid dienone is 3. The Morgan fingerprint density at radius 2 is 1.63 bits per heavy atom. The molecule has 2 nitrogen and oxygen atoms in total. The van der Waals surface area contributed by atoms with Gasteiger partial charge in [-0.25, -0.2) is 0 Å². The summed E-state index contributed by atoms with van der Waals surface area (Å²) in [5, 5.41) is 0. The number of aldehydes is 1. The van der Waals surface area contributed by atoms with Crippen LogP contribution >= 0.6 is 0 Å². The lowest BCUT2D eigenvalue weighted by molar-refractivity contribution is -0.114. The van der Waals surface area contributed by atoms with Crippen LogP contribution in [0.1, 0.15) is 71.6 Å². The molecule has 0 unspecified atom stereocenters. The summed E-state index contributed by atoms with van der Waals surface area (Å²) in [6.07, 6.45) is 15.9. The molecular formula is C17H30O2. The zero-order chi connectivity index (χ0) is 14.8. The molecule has 0 heterocycles. The Labute approximate surface area is 119 Å². The van der Waals surface area contributed by atoms with Crippen LogP contribution < -0.4 is 0 Å². The number of carbonyl (C=O) groups is 2. The van der Waals surface area contributed by atoms with Crippen molar-refractivity contribution in [2.75, 3.05) is 0 Å². The van der Waals surface area contributed by atoms with Crippen molar-refractivity contribution in [3.05, 3.63) is 24.8 Å². The van der Waals surface area contributed by atoms with E-state index < -0.39 is 0 Å². The highest BCUT2D eigenvalue weighted by atomic mass is 16.1.